The lowest BCUT2D eigenvalue weighted by molar-refractivity contribution is 0.271. The summed E-state index contributed by atoms with van der Waals surface area (Å²) < 4.78 is 0. The second kappa shape index (κ2) is 9.07. The third kappa shape index (κ3) is 10.5. The fourth-order valence-electron chi connectivity index (χ4n) is 2.53. The summed E-state index contributed by atoms with van der Waals surface area (Å²) in [5.41, 5.74) is 0.517. The van der Waals surface area contributed by atoms with Crippen molar-refractivity contribution in [2.45, 2.75) is 92.4 Å². The van der Waals surface area contributed by atoms with E-state index in [1.54, 1.807) is 0 Å². The molecule has 1 unspecified atom stereocenters. The fourth-order valence-corrected chi connectivity index (χ4v) is 2.53. The molecule has 0 radical (unpaired) electrons. The Morgan fingerprint density at radius 1 is 0.812 bits per heavy atom. The van der Waals surface area contributed by atoms with E-state index < -0.39 is 0 Å². The van der Waals surface area contributed by atoms with Crippen LogP contribution in [-0.4, -0.2) is 0 Å². The highest BCUT2D eigenvalue weighted by Crippen LogP contribution is 2.29. The topological polar surface area (TPSA) is 0 Å². The lowest BCUT2D eigenvalue weighted by atomic mass is 9.81. The van der Waals surface area contributed by atoms with E-state index in [0.29, 0.717) is 5.41 Å². The van der Waals surface area contributed by atoms with Gasteiger partial charge in [0.15, 0.2) is 0 Å². The van der Waals surface area contributed by atoms with Crippen molar-refractivity contribution >= 4 is 0 Å². The van der Waals surface area contributed by atoms with Crippen LogP contribution in [0.1, 0.15) is 92.4 Å². The zero-order valence-electron chi connectivity index (χ0n) is 12.4. The van der Waals surface area contributed by atoms with Gasteiger partial charge < -0.3 is 0 Å². The minimum atomic E-state index is 0.517. The second-order valence-corrected chi connectivity index (χ2v) is 6.60. The molecule has 0 bridgehead atoms. The lowest BCUT2D eigenvalue weighted by Gasteiger charge is -2.25. The third-order valence-corrected chi connectivity index (χ3v) is 3.44. The molecule has 0 N–H and O–H groups in total. The van der Waals surface area contributed by atoms with Crippen LogP contribution >= 0.6 is 0 Å². The molecule has 1 atom stereocenters. The van der Waals surface area contributed by atoms with E-state index in [0.717, 1.165) is 5.92 Å². The predicted molar refractivity (Wildman–Crippen MR) is 75.8 cm³/mol. The zero-order valence-corrected chi connectivity index (χ0v) is 12.4. The highest BCUT2D eigenvalue weighted by atomic mass is 14.2. The van der Waals surface area contributed by atoms with Gasteiger partial charge in [-0.25, -0.2) is 0 Å². The maximum Gasteiger partial charge on any atom is -0.0380 e. The van der Waals surface area contributed by atoms with Crippen LogP contribution in [-0.2, 0) is 0 Å². The van der Waals surface area contributed by atoms with E-state index in [1.165, 1.54) is 57.8 Å². The van der Waals surface area contributed by atoms with Gasteiger partial charge in [-0.15, -0.1) is 0 Å². The standard InChI is InChI=1S/C16H34/c1-6-8-9-10-11-12-13-15(7-2)14-16(3,4)5/h15H,6-14H2,1-5H3. The predicted octanol–water partition coefficient (Wildman–Crippen LogP) is 6.20. The average Bonchev–Trinajstić information content (AvgIpc) is 2.19. The van der Waals surface area contributed by atoms with E-state index in [9.17, 15) is 0 Å². The van der Waals surface area contributed by atoms with Crippen molar-refractivity contribution in [3.63, 3.8) is 0 Å². The third-order valence-electron chi connectivity index (χ3n) is 3.44. The molecule has 0 amide bonds. The lowest BCUT2D eigenvalue weighted by Crippen LogP contribution is -2.12. The quantitative estimate of drug-likeness (QED) is 0.411. The Kier molecular flexibility index (Phi) is 9.07. The number of unbranched alkanes of at least 4 members (excludes halogenated alkanes) is 5. The van der Waals surface area contributed by atoms with Crippen LogP contribution in [0.5, 0.6) is 0 Å². The molecule has 0 rings (SSSR count). The van der Waals surface area contributed by atoms with Crippen molar-refractivity contribution in [1.29, 1.82) is 0 Å². The Morgan fingerprint density at radius 3 is 1.88 bits per heavy atom. The molecule has 0 heterocycles. The summed E-state index contributed by atoms with van der Waals surface area (Å²) in [6, 6.07) is 0. The van der Waals surface area contributed by atoms with Crippen molar-refractivity contribution in [3.8, 4) is 0 Å². The molecule has 0 saturated heterocycles. The molecule has 0 aromatic carbocycles. The van der Waals surface area contributed by atoms with Crippen molar-refractivity contribution in [3.05, 3.63) is 0 Å². The first-order chi connectivity index (χ1) is 7.49. The summed E-state index contributed by atoms with van der Waals surface area (Å²) in [4.78, 5) is 0. The van der Waals surface area contributed by atoms with Crippen LogP contribution in [0.15, 0.2) is 0 Å². The maximum atomic E-state index is 2.37. The summed E-state index contributed by atoms with van der Waals surface area (Å²) in [6.07, 6.45) is 12.8. The summed E-state index contributed by atoms with van der Waals surface area (Å²) in [5.74, 6) is 0.964. The second-order valence-electron chi connectivity index (χ2n) is 6.60. The minimum Gasteiger partial charge on any atom is -0.0654 e. The van der Waals surface area contributed by atoms with E-state index in [4.69, 9.17) is 0 Å². The molecule has 16 heavy (non-hydrogen) atoms. The highest BCUT2D eigenvalue weighted by molar-refractivity contribution is 4.68. The molecule has 0 aliphatic heterocycles. The average molecular weight is 226 g/mol. The van der Waals surface area contributed by atoms with Crippen LogP contribution in [0, 0.1) is 11.3 Å². The van der Waals surface area contributed by atoms with E-state index >= 15 is 0 Å². The first-order valence-electron chi connectivity index (χ1n) is 7.49. The molecule has 0 spiro atoms. The zero-order chi connectivity index (χ0) is 12.4. The normalized spacial score (nSPS) is 14.1. The minimum absolute atomic E-state index is 0.517. The SMILES string of the molecule is CCCCCCCCC(CC)CC(C)(C)C. The molecular formula is C16H34. The van der Waals surface area contributed by atoms with Gasteiger partial charge in [0.05, 0.1) is 0 Å². The van der Waals surface area contributed by atoms with Gasteiger partial charge in [-0.3, -0.25) is 0 Å². The summed E-state index contributed by atoms with van der Waals surface area (Å²) in [7, 11) is 0. The van der Waals surface area contributed by atoms with Crippen molar-refractivity contribution in [2.24, 2.45) is 11.3 Å². The fraction of sp³-hybridized carbons (Fsp3) is 1.00. The van der Waals surface area contributed by atoms with Crippen LogP contribution in [0.3, 0.4) is 0 Å². The Morgan fingerprint density at radius 2 is 1.38 bits per heavy atom. The smallest absolute Gasteiger partial charge is 0.0380 e. The summed E-state index contributed by atoms with van der Waals surface area (Å²) >= 11 is 0. The molecule has 0 aromatic heterocycles. The van der Waals surface area contributed by atoms with E-state index in [-0.39, 0.29) is 0 Å². The van der Waals surface area contributed by atoms with Gasteiger partial charge in [0.1, 0.15) is 0 Å². The van der Waals surface area contributed by atoms with Gasteiger partial charge in [-0.1, -0.05) is 86.0 Å². The first kappa shape index (κ1) is 16.0. The summed E-state index contributed by atoms with van der Waals surface area (Å²) in [5, 5.41) is 0. The molecule has 98 valence electrons. The number of rotatable bonds is 9. The largest absolute Gasteiger partial charge is 0.0654 e. The molecule has 0 fully saturated rings. The molecular weight excluding hydrogens is 192 g/mol. The maximum absolute atomic E-state index is 2.37. The molecule has 0 nitrogen and oxygen atoms in total. The number of hydrogen-bond donors (Lipinski definition) is 0. The van der Waals surface area contributed by atoms with Gasteiger partial charge in [0.2, 0.25) is 0 Å². The summed E-state index contributed by atoms with van der Waals surface area (Å²) in [6.45, 7) is 11.8. The molecule has 0 saturated carbocycles. The van der Waals surface area contributed by atoms with Crippen LogP contribution in [0.4, 0.5) is 0 Å². The molecule has 0 aliphatic rings. The van der Waals surface area contributed by atoms with Crippen LogP contribution < -0.4 is 0 Å². The van der Waals surface area contributed by atoms with E-state index in [2.05, 4.69) is 34.6 Å². The Bertz CT molecular complexity index is 141. The monoisotopic (exact) mass is 226 g/mol. The van der Waals surface area contributed by atoms with Gasteiger partial charge in [0.25, 0.3) is 0 Å². The van der Waals surface area contributed by atoms with Crippen molar-refractivity contribution < 1.29 is 0 Å². The van der Waals surface area contributed by atoms with E-state index in [1.807, 2.05) is 0 Å². The molecule has 0 heteroatoms. The highest BCUT2D eigenvalue weighted by Gasteiger charge is 2.16. The van der Waals surface area contributed by atoms with Crippen molar-refractivity contribution in [2.75, 3.05) is 0 Å². The van der Waals surface area contributed by atoms with Gasteiger partial charge in [-0.05, 0) is 17.8 Å². The Hall–Kier alpha value is 0. The van der Waals surface area contributed by atoms with Gasteiger partial charge in [0, 0.05) is 0 Å². The molecule has 0 aliphatic carbocycles. The Balaban J connectivity index is 3.48. The Labute approximate surface area is 104 Å². The van der Waals surface area contributed by atoms with Crippen LogP contribution in [0.2, 0.25) is 0 Å². The van der Waals surface area contributed by atoms with Gasteiger partial charge >= 0.3 is 0 Å². The molecule has 0 aromatic rings. The number of hydrogen-bond acceptors (Lipinski definition) is 0. The van der Waals surface area contributed by atoms with Crippen LogP contribution in [0.25, 0.3) is 0 Å². The van der Waals surface area contributed by atoms with Crippen molar-refractivity contribution in [1.82, 2.24) is 0 Å². The van der Waals surface area contributed by atoms with Gasteiger partial charge in [-0.2, -0.15) is 0 Å². The first-order valence-corrected chi connectivity index (χ1v) is 7.49.